The second-order valence-corrected chi connectivity index (χ2v) is 20.1. The molecule has 0 bridgehead atoms. The van der Waals surface area contributed by atoms with Crippen molar-refractivity contribution in [3.63, 3.8) is 0 Å². The normalized spacial score (nSPS) is 12.0. The summed E-state index contributed by atoms with van der Waals surface area (Å²) in [6.45, 7) is 9.06. The Hall–Kier alpha value is -1.59. The largest absolute Gasteiger partial charge is 0.462 e. The number of ether oxygens (including phenoxy) is 3. The van der Waals surface area contributed by atoms with E-state index in [1.165, 1.54) is 218 Å². The van der Waals surface area contributed by atoms with Crippen LogP contribution in [0.1, 0.15) is 323 Å². The highest BCUT2D eigenvalue weighted by molar-refractivity contribution is 5.71. The highest BCUT2D eigenvalue weighted by Gasteiger charge is 2.19. The third-order valence-corrected chi connectivity index (χ3v) is 13.0. The van der Waals surface area contributed by atoms with Gasteiger partial charge in [-0.2, -0.15) is 0 Å². The van der Waals surface area contributed by atoms with Gasteiger partial charge in [-0.1, -0.05) is 285 Å². The summed E-state index contributed by atoms with van der Waals surface area (Å²) in [7, 11) is 0. The zero-order chi connectivity index (χ0) is 45.9. The summed E-state index contributed by atoms with van der Waals surface area (Å²) in [5.41, 5.74) is 0. The van der Waals surface area contributed by atoms with E-state index in [2.05, 4.69) is 27.7 Å². The highest BCUT2D eigenvalue weighted by atomic mass is 16.6. The van der Waals surface area contributed by atoms with Gasteiger partial charge in [0, 0.05) is 19.3 Å². The minimum Gasteiger partial charge on any atom is -0.462 e. The molecule has 0 amide bonds. The van der Waals surface area contributed by atoms with Crippen LogP contribution >= 0.6 is 0 Å². The molecule has 0 spiro atoms. The van der Waals surface area contributed by atoms with Gasteiger partial charge in [0.1, 0.15) is 13.2 Å². The van der Waals surface area contributed by atoms with Crippen LogP contribution in [0.2, 0.25) is 0 Å². The van der Waals surface area contributed by atoms with Crippen LogP contribution in [0.25, 0.3) is 0 Å². The molecule has 0 aliphatic rings. The molecule has 0 aliphatic carbocycles. The zero-order valence-electron chi connectivity index (χ0n) is 43.0. The van der Waals surface area contributed by atoms with Crippen molar-refractivity contribution in [2.45, 2.75) is 329 Å². The molecule has 0 aromatic heterocycles. The zero-order valence-corrected chi connectivity index (χ0v) is 43.0. The number of hydrogen-bond acceptors (Lipinski definition) is 6. The standard InChI is InChI=1S/C57H110O6/c1-5-7-9-11-13-15-17-19-20-25-28-32-36-40-44-48-55(58)61-51-54(63-57(60)50-46-42-38-34-30-23-18-16-14-12-10-8-6-2)52-62-56(59)49-45-41-37-33-29-26-22-21-24-27-31-35-39-43-47-53(3)4/h53-54H,5-52H2,1-4H3/t54-/m0/s1. The van der Waals surface area contributed by atoms with Crippen molar-refractivity contribution < 1.29 is 28.6 Å². The van der Waals surface area contributed by atoms with E-state index in [9.17, 15) is 14.4 Å². The van der Waals surface area contributed by atoms with E-state index in [1.54, 1.807) is 0 Å². The molecule has 1 atom stereocenters. The van der Waals surface area contributed by atoms with Gasteiger partial charge in [0.05, 0.1) is 0 Å². The average Bonchev–Trinajstić information content (AvgIpc) is 3.27. The van der Waals surface area contributed by atoms with E-state index < -0.39 is 6.10 Å². The Balaban J connectivity index is 4.28. The molecule has 0 saturated heterocycles. The number of unbranched alkanes of at least 4 members (excludes halogenated alkanes) is 39. The van der Waals surface area contributed by atoms with Gasteiger partial charge in [0.2, 0.25) is 0 Å². The van der Waals surface area contributed by atoms with Crippen LogP contribution in [0.4, 0.5) is 0 Å². The first kappa shape index (κ1) is 61.4. The lowest BCUT2D eigenvalue weighted by molar-refractivity contribution is -0.167. The quantitative estimate of drug-likeness (QED) is 0.0344. The first-order chi connectivity index (χ1) is 30.9. The minimum absolute atomic E-state index is 0.0619. The molecule has 0 aromatic rings. The van der Waals surface area contributed by atoms with Gasteiger partial charge < -0.3 is 14.2 Å². The maximum atomic E-state index is 12.8. The van der Waals surface area contributed by atoms with E-state index in [0.717, 1.165) is 63.7 Å². The monoisotopic (exact) mass is 891 g/mol. The molecule has 0 aliphatic heterocycles. The second-order valence-electron chi connectivity index (χ2n) is 20.1. The summed E-state index contributed by atoms with van der Waals surface area (Å²) >= 11 is 0. The van der Waals surface area contributed by atoms with Gasteiger partial charge in [0.15, 0.2) is 6.10 Å². The summed E-state index contributed by atoms with van der Waals surface area (Å²) in [5.74, 6) is 0.00863. The molecule has 63 heavy (non-hydrogen) atoms. The van der Waals surface area contributed by atoms with E-state index in [1.807, 2.05) is 0 Å². The SMILES string of the molecule is CCCCCCCCCCCCCCCCCC(=O)OC[C@@H](COC(=O)CCCCCCCCCCCCCCCCC(C)C)OC(=O)CCCCCCCCCCCCCCC. The molecular formula is C57H110O6. The smallest absolute Gasteiger partial charge is 0.306 e. The van der Waals surface area contributed by atoms with E-state index in [4.69, 9.17) is 14.2 Å². The van der Waals surface area contributed by atoms with Gasteiger partial charge in [-0.05, 0) is 25.2 Å². The lowest BCUT2D eigenvalue weighted by Crippen LogP contribution is -2.30. The summed E-state index contributed by atoms with van der Waals surface area (Å²) in [5, 5.41) is 0. The van der Waals surface area contributed by atoms with Crippen LogP contribution in [0, 0.1) is 5.92 Å². The summed E-state index contributed by atoms with van der Waals surface area (Å²) in [4.78, 5) is 38.1. The molecule has 0 N–H and O–H groups in total. The average molecular weight is 892 g/mol. The first-order valence-corrected chi connectivity index (χ1v) is 28.4. The van der Waals surface area contributed by atoms with Gasteiger partial charge in [0.25, 0.3) is 0 Å². The molecule has 0 unspecified atom stereocenters. The number of esters is 3. The van der Waals surface area contributed by atoms with Crippen molar-refractivity contribution in [1.29, 1.82) is 0 Å². The molecular weight excluding hydrogens is 781 g/mol. The van der Waals surface area contributed by atoms with Crippen molar-refractivity contribution in [3.8, 4) is 0 Å². The first-order valence-electron chi connectivity index (χ1n) is 28.4. The van der Waals surface area contributed by atoms with Crippen LogP contribution in [0.5, 0.6) is 0 Å². The number of rotatable bonds is 52. The van der Waals surface area contributed by atoms with Crippen molar-refractivity contribution in [1.82, 2.24) is 0 Å². The van der Waals surface area contributed by atoms with Gasteiger partial charge in [-0.25, -0.2) is 0 Å². The van der Waals surface area contributed by atoms with E-state index in [0.29, 0.717) is 19.3 Å². The number of hydrogen-bond donors (Lipinski definition) is 0. The fraction of sp³-hybridized carbons (Fsp3) is 0.947. The Labute approximate surface area is 393 Å². The molecule has 0 rings (SSSR count). The maximum Gasteiger partial charge on any atom is 0.306 e. The Bertz CT molecular complexity index is 949. The van der Waals surface area contributed by atoms with Crippen molar-refractivity contribution >= 4 is 17.9 Å². The van der Waals surface area contributed by atoms with Crippen LogP contribution in [0.3, 0.4) is 0 Å². The Morgan fingerprint density at radius 3 is 0.778 bits per heavy atom. The van der Waals surface area contributed by atoms with Gasteiger partial charge in [-0.15, -0.1) is 0 Å². The van der Waals surface area contributed by atoms with E-state index in [-0.39, 0.29) is 31.1 Å². The van der Waals surface area contributed by atoms with E-state index >= 15 is 0 Å². The van der Waals surface area contributed by atoms with Crippen LogP contribution in [-0.4, -0.2) is 37.2 Å². The fourth-order valence-corrected chi connectivity index (χ4v) is 8.75. The molecule has 0 aromatic carbocycles. The summed E-state index contributed by atoms with van der Waals surface area (Å²) in [6.07, 6.45) is 55.1. The number of carbonyl (C=O) groups is 3. The molecule has 0 heterocycles. The molecule has 374 valence electrons. The Kier molecular flexibility index (Phi) is 50.1. The lowest BCUT2D eigenvalue weighted by atomic mass is 10.0. The lowest BCUT2D eigenvalue weighted by Gasteiger charge is -2.18. The molecule has 0 fully saturated rings. The van der Waals surface area contributed by atoms with Crippen LogP contribution in [-0.2, 0) is 28.6 Å². The third kappa shape index (κ3) is 51.3. The molecule has 0 saturated carbocycles. The Morgan fingerprint density at radius 1 is 0.302 bits per heavy atom. The molecule has 0 radical (unpaired) electrons. The summed E-state index contributed by atoms with van der Waals surface area (Å²) in [6, 6.07) is 0. The molecule has 6 heteroatoms. The van der Waals surface area contributed by atoms with Crippen LogP contribution < -0.4 is 0 Å². The maximum absolute atomic E-state index is 12.8. The number of carbonyl (C=O) groups excluding carboxylic acids is 3. The van der Waals surface area contributed by atoms with Gasteiger partial charge in [-0.3, -0.25) is 14.4 Å². The van der Waals surface area contributed by atoms with Crippen LogP contribution in [0.15, 0.2) is 0 Å². The predicted octanol–water partition coefficient (Wildman–Crippen LogP) is 18.6. The van der Waals surface area contributed by atoms with Gasteiger partial charge >= 0.3 is 17.9 Å². The Morgan fingerprint density at radius 2 is 0.524 bits per heavy atom. The fourth-order valence-electron chi connectivity index (χ4n) is 8.75. The third-order valence-electron chi connectivity index (χ3n) is 13.0. The second kappa shape index (κ2) is 51.4. The van der Waals surface area contributed by atoms with Crippen molar-refractivity contribution in [2.75, 3.05) is 13.2 Å². The minimum atomic E-state index is -0.761. The summed E-state index contributed by atoms with van der Waals surface area (Å²) < 4.78 is 16.9. The predicted molar refractivity (Wildman–Crippen MR) is 270 cm³/mol. The topological polar surface area (TPSA) is 78.9 Å². The molecule has 6 nitrogen and oxygen atoms in total. The van der Waals surface area contributed by atoms with Crippen molar-refractivity contribution in [3.05, 3.63) is 0 Å². The van der Waals surface area contributed by atoms with Crippen molar-refractivity contribution in [2.24, 2.45) is 5.92 Å². The highest BCUT2D eigenvalue weighted by Crippen LogP contribution is 2.18.